The molecule has 0 saturated carbocycles. The summed E-state index contributed by atoms with van der Waals surface area (Å²) in [5.74, 6) is -0.0313. The maximum Gasteiger partial charge on any atom is 0.221 e. The van der Waals surface area contributed by atoms with Crippen molar-refractivity contribution in [3.05, 3.63) is 51.7 Å². The molecule has 2 N–H and O–H groups in total. The van der Waals surface area contributed by atoms with Crippen molar-refractivity contribution in [1.29, 1.82) is 0 Å². The van der Waals surface area contributed by atoms with Gasteiger partial charge in [0.05, 0.1) is 5.69 Å². The van der Waals surface area contributed by atoms with Crippen molar-refractivity contribution in [3.8, 4) is 0 Å². The Kier molecular flexibility index (Phi) is 4.93. The van der Waals surface area contributed by atoms with Crippen LogP contribution < -0.4 is 10.6 Å². The van der Waals surface area contributed by atoms with Gasteiger partial charge in [0.25, 0.3) is 0 Å². The van der Waals surface area contributed by atoms with Gasteiger partial charge in [-0.3, -0.25) is 4.79 Å². The van der Waals surface area contributed by atoms with Crippen LogP contribution in [0.2, 0.25) is 0 Å². The van der Waals surface area contributed by atoms with Gasteiger partial charge >= 0.3 is 0 Å². The Bertz CT molecular complexity index is 574. The van der Waals surface area contributed by atoms with E-state index in [9.17, 15) is 4.79 Å². The predicted octanol–water partition coefficient (Wildman–Crippen LogP) is 3.87. The number of carbonyl (C=O) groups is 1. The lowest BCUT2D eigenvalue weighted by molar-refractivity contribution is -0.114. The molecule has 106 valence electrons. The van der Waals surface area contributed by atoms with E-state index >= 15 is 0 Å². The van der Waals surface area contributed by atoms with Crippen molar-refractivity contribution in [2.45, 2.75) is 33.4 Å². The Morgan fingerprint density at radius 1 is 1.25 bits per heavy atom. The normalized spacial score (nSPS) is 12.2. The Morgan fingerprint density at radius 2 is 1.95 bits per heavy atom. The van der Waals surface area contributed by atoms with Crippen molar-refractivity contribution in [3.63, 3.8) is 0 Å². The molecular weight excluding hydrogens is 268 g/mol. The summed E-state index contributed by atoms with van der Waals surface area (Å²) in [5, 5.41) is 8.35. The Morgan fingerprint density at radius 3 is 2.60 bits per heavy atom. The number of benzene rings is 1. The molecular formula is C16H20N2OS. The van der Waals surface area contributed by atoms with E-state index in [0.29, 0.717) is 0 Å². The van der Waals surface area contributed by atoms with Crippen molar-refractivity contribution in [2.24, 2.45) is 0 Å². The first-order valence-corrected chi connectivity index (χ1v) is 7.58. The molecule has 1 unspecified atom stereocenters. The smallest absolute Gasteiger partial charge is 0.221 e. The predicted molar refractivity (Wildman–Crippen MR) is 85.1 cm³/mol. The van der Waals surface area contributed by atoms with E-state index in [1.165, 1.54) is 18.1 Å². The fourth-order valence-electron chi connectivity index (χ4n) is 2.00. The summed E-state index contributed by atoms with van der Waals surface area (Å²) >= 11 is 1.65. The van der Waals surface area contributed by atoms with Gasteiger partial charge in [-0.15, -0.1) is 11.3 Å². The highest BCUT2D eigenvalue weighted by Gasteiger charge is 2.09. The number of hydrogen-bond donors (Lipinski definition) is 2. The van der Waals surface area contributed by atoms with Gasteiger partial charge in [0.15, 0.2) is 0 Å². The van der Waals surface area contributed by atoms with E-state index < -0.39 is 0 Å². The highest BCUT2D eigenvalue weighted by Crippen LogP contribution is 2.23. The molecule has 1 aromatic heterocycles. The highest BCUT2D eigenvalue weighted by molar-refractivity contribution is 7.10. The molecule has 2 aromatic rings. The monoisotopic (exact) mass is 288 g/mol. The summed E-state index contributed by atoms with van der Waals surface area (Å²) in [6.45, 7) is 6.52. The largest absolute Gasteiger partial charge is 0.325 e. The lowest BCUT2D eigenvalue weighted by atomic mass is 10.1. The van der Waals surface area contributed by atoms with E-state index in [-0.39, 0.29) is 11.9 Å². The van der Waals surface area contributed by atoms with Crippen molar-refractivity contribution < 1.29 is 4.79 Å². The molecule has 0 aliphatic rings. The molecule has 1 amide bonds. The fourth-order valence-corrected chi connectivity index (χ4v) is 2.78. The van der Waals surface area contributed by atoms with Gasteiger partial charge in [-0.2, -0.15) is 0 Å². The number of nitrogens with one attached hydrogen (secondary N) is 2. The molecule has 0 fully saturated rings. The minimum Gasteiger partial charge on any atom is -0.325 e. The molecule has 3 nitrogen and oxygen atoms in total. The number of aryl methyl sites for hydroxylation is 1. The van der Waals surface area contributed by atoms with Gasteiger partial charge in [0.2, 0.25) is 5.91 Å². The van der Waals surface area contributed by atoms with Crippen LogP contribution in [-0.4, -0.2) is 5.91 Å². The number of carbonyl (C=O) groups excluding carboxylic acids is 1. The first kappa shape index (κ1) is 14.8. The molecule has 0 radical (unpaired) electrons. The molecule has 2 rings (SSSR count). The molecule has 1 atom stereocenters. The van der Waals surface area contributed by atoms with Gasteiger partial charge in [-0.1, -0.05) is 29.8 Å². The summed E-state index contributed by atoms with van der Waals surface area (Å²) < 4.78 is 0. The summed E-state index contributed by atoms with van der Waals surface area (Å²) in [7, 11) is 0. The molecule has 0 saturated heterocycles. The zero-order chi connectivity index (χ0) is 14.5. The highest BCUT2D eigenvalue weighted by atomic mass is 32.1. The number of thiophene rings is 1. The number of rotatable bonds is 5. The maximum absolute atomic E-state index is 11.1. The van der Waals surface area contributed by atoms with Gasteiger partial charge < -0.3 is 10.6 Å². The summed E-state index contributed by atoms with van der Waals surface area (Å²) in [6, 6.07) is 10.8. The topological polar surface area (TPSA) is 41.1 Å². The van der Waals surface area contributed by atoms with E-state index in [1.807, 2.05) is 11.4 Å². The molecule has 0 aliphatic heterocycles. The van der Waals surface area contributed by atoms with E-state index in [1.54, 1.807) is 11.3 Å². The SMILES string of the molecule is CC(=O)Nc1ccsc1CNC(C)c1ccc(C)cc1. The first-order chi connectivity index (χ1) is 9.56. The lowest BCUT2D eigenvalue weighted by Gasteiger charge is -2.14. The molecule has 4 heteroatoms. The molecule has 1 aromatic carbocycles. The first-order valence-electron chi connectivity index (χ1n) is 6.70. The zero-order valence-electron chi connectivity index (χ0n) is 12.1. The lowest BCUT2D eigenvalue weighted by Crippen LogP contribution is -2.18. The second-order valence-electron chi connectivity index (χ2n) is 4.95. The van der Waals surface area contributed by atoms with Gasteiger partial charge in [-0.05, 0) is 30.9 Å². The average molecular weight is 288 g/mol. The van der Waals surface area contributed by atoms with Crippen LogP contribution in [0.4, 0.5) is 5.69 Å². The van der Waals surface area contributed by atoms with Crippen LogP contribution >= 0.6 is 11.3 Å². The van der Waals surface area contributed by atoms with Crippen LogP contribution in [0.15, 0.2) is 35.7 Å². The Labute approximate surface area is 124 Å². The van der Waals surface area contributed by atoms with Crippen LogP contribution in [-0.2, 0) is 11.3 Å². The van der Waals surface area contributed by atoms with Crippen molar-refractivity contribution in [2.75, 3.05) is 5.32 Å². The number of hydrogen-bond acceptors (Lipinski definition) is 3. The third kappa shape index (κ3) is 3.92. The standard InChI is InChI=1S/C16H20N2OS/c1-11-4-6-14(7-5-11)12(2)17-10-16-15(8-9-20-16)18-13(3)19/h4-9,12,17H,10H2,1-3H3,(H,18,19). The quantitative estimate of drug-likeness (QED) is 0.877. The van der Waals surface area contributed by atoms with E-state index in [0.717, 1.165) is 17.1 Å². The van der Waals surface area contributed by atoms with Crippen molar-refractivity contribution >= 4 is 22.9 Å². The molecule has 20 heavy (non-hydrogen) atoms. The second kappa shape index (κ2) is 6.68. The van der Waals surface area contributed by atoms with Crippen LogP contribution in [0, 0.1) is 6.92 Å². The Balaban J connectivity index is 1.96. The summed E-state index contributed by atoms with van der Waals surface area (Å²) in [5.41, 5.74) is 3.45. The molecule has 0 spiro atoms. The minimum absolute atomic E-state index is 0.0313. The third-order valence-electron chi connectivity index (χ3n) is 3.20. The van der Waals surface area contributed by atoms with Crippen LogP contribution in [0.25, 0.3) is 0 Å². The van der Waals surface area contributed by atoms with E-state index in [2.05, 4.69) is 48.7 Å². The summed E-state index contributed by atoms with van der Waals surface area (Å²) in [4.78, 5) is 12.3. The third-order valence-corrected chi connectivity index (χ3v) is 4.12. The second-order valence-corrected chi connectivity index (χ2v) is 5.95. The van der Waals surface area contributed by atoms with Gasteiger partial charge in [-0.25, -0.2) is 0 Å². The van der Waals surface area contributed by atoms with Gasteiger partial charge in [0.1, 0.15) is 0 Å². The van der Waals surface area contributed by atoms with E-state index in [4.69, 9.17) is 0 Å². The van der Waals surface area contributed by atoms with Crippen LogP contribution in [0.5, 0.6) is 0 Å². The molecule has 0 aliphatic carbocycles. The number of amides is 1. The molecule has 0 bridgehead atoms. The average Bonchev–Trinajstić information content (AvgIpc) is 2.83. The van der Waals surface area contributed by atoms with Crippen LogP contribution in [0.1, 0.15) is 35.9 Å². The fraction of sp³-hybridized carbons (Fsp3) is 0.312. The summed E-state index contributed by atoms with van der Waals surface area (Å²) in [6.07, 6.45) is 0. The van der Waals surface area contributed by atoms with Crippen LogP contribution in [0.3, 0.4) is 0 Å². The molecule has 1 heterocycles. The van der Waals surface area contributed by atoms with Gasteiger partial charge in [0, 0.05) is 24.4 Å². The maximum atomic E-state index is 11.1. The Hall–Kier alpha value is -1.65. The van der Waals surface area contributed by atoms with Crippen molar-refractivity contribution in [1.82, 2.24) is 5.32 Å². The minimum atomic E-state index is -0.0313. The number of anilines is 1. The zero-order valence-corrected chi connectivity index (χ0v) is 12.9.